The molecule has 0 radical (unpaired) electrons. The zero-order chi connectivity index (χ0) is 20.1. The van der Waals surface area contributed by atoms with Crippen molar-refractivity contribution in [2.45, 2.75) is 26.1 Å². The summed E-state index contributed by atoms with van der Waals surface area (Å²) in [5.74, 6) is -0.209. The van der Waals surface area contributed by atoms with Gasteiger partial charge >= 0.3 is 0 Å². The van der Waals surface area contributed by atoms with E-state index in [1.807, 2.05) is 24.3 Å². The van der Waals surface area contributed by atoms with E-state index in [-0.39, 0.29) is 11.7 Å². The highest BCUT2D eigenvalue weighted by Crippen LogP contribution is 2.29. The molecule has 0 bridgehead atoms. The Balaban J connectivity index is 1.65. The zero-order valence-electron chi connectivity index (χ0n) is 16.0. The number of ether oxygens (including phenoxy) is 2. The maximum atomic E-state index is 13.0. The van der Waals surface area contributed by atoms with Crippen molar-refractivity contribution in [2.24, 2.45) is 0 Å². The molecule has 1 N–H and O–H groups in total. The Morgan fingerprint density at radius 1 is 1.04 bits per heavy atom. The van der Waals surface area contributed by atoms with Gasteiger partial charge in [-0.3, -0.25) is 4.79 Å². The van der Waals surface area contributed by atoms with E-state index in [0.717, 1.165) is 15.3 Å². The number of anilines is 1. The lowest BCUT2D eigenvalue weighted by Gasteiger charge is -2.25. The number of thiophene rings is 1. The van der Waals surface area contributed by atoms with Gasteiger partial charge in [0.05, 0.1) is 6.61 Å². The van der Waals surface area contributed by atoms with Crippen molar-refractivity contribution in [3.8, 4) is 16.2 Å². The van der Waals surface area contributed by atoms with Gasteiger partial charge in [-0.05, 0) is 67.9 Å². The van der Waals surface area contributed by atoms with Crippen LogP contribution in [-0.2, 0) is 16.1 Å². The molecular weight excluding hydrogens is 377 g/mol. The van der Waals surface area contributed by atoms with Crippen molar-refractivity contribution in [1.29, 1.82) is 0 Å². The summed E-state index contributed by atoms with van der Waals surface area (Å²) in [7, 11) is 1.68. The summed E-state index contributed by atoms with van der Waals surface area (Å²) < 4.78 is 23.9. The minimum atomic E-state index is -1.11. The normalized spacial score (nSPS) is 11.3. The van der Waals surface area contributed by atoms with Gasteiger partial charge in [-0.15, -0.1) is 11.3 Å². The number of benzene rings is 2. The molecule has 4 nitrogen and oxygen atoms in total. The second-order valence-corrected chi connectivity index (χ2v) is 7.97. The van der Waals surface area contributed by atoms with Crippen LogP contribution in [0.5, 0.6) is 5.75 Å². The summed E-state index contributed by atoms with van der Waals surface area (Å²) in [4.78, 5) is 14.9. The van der Waals surface area contributed by atoms with Crippen molar-refractivity contribution < 1.29 is 18.7 Å². The van der Waals surface area contributed by atoms with Crippen LogP contribution in [0.1, 0.15) is 18.7 Å². The monoisotopic (exact) mass is 399 g/mol. The van der Waals surface area contributed by atoms with Crippen LogP contribution in [0.25, 0.3) is 10.4 Å². The average molecular weight is 399 g/mol. The van der Waals surface area contributed by atoms with Crippen LogP contribution in [0.15, 0.2) is 60.7 Å². The molecule has 2 aromatic carbocycles. The number of amides is 1. The zero-order valence-corrected chi connectivity index (χ0v) is 16.8. The number of nitrogens with one attached hydrogen (secondary N) is 1. The molecule has 0 atom stereocenters. The summed E-state index contributed by atoms with van der Waals surface area (Å²) in [6, 6.07) is 17.3. The van der Waals surface area contributed by atoms with E-state index >= 15 is 0 Å². The standard InChI is InChI=1S/C22H22FNO3S/c1-22(2,27-18-10-6-16(23)7-11-18)21(25)24-17-8-4-15(5-9-17)20-13-12-19(28-20)14-26-3/h4-13H,14H2,1-3H3,(H,24,25). The van der Waals surface area contributed by atoms with Crippen LogP contribution in [0.2, 0.25) is 0 Å². The Bertz CT molecular complexity index is 933. The molecule has 6 heteroatoms. The Kier molecular flexibility index (Phi) is 6.11. The van der Waals surface area contributed by atoms with E-state index in [2.05, 4.69) is 17.4 Å². The smallest absolute Gasteiger partial charge is 0.267 e. The molecule has 1 amide bonds. The lowest BCUT2D eigenvalue weighted by Crippen LogP contribution is -2.42. The van der Waals surface area contributed by atoms with E-state index in [9.17, 15) is 9.18 Å². The summed E-state index contributed by atoms with van der Waals surface area (Å²) in [5.41, 5.74) is 0.643. The van der Waals surface area contributed by atoms with Gasteiger partial charge in [-0.25, -0.2) is 4.39 Å². The number of hydrogen-bond acceptors (Lipinski definition) is 4. The van der Waals surface area contributed by atoms with Gasteiger partial charge in [0.1, 0.15) is 11.6 Å². The second kappa shape index (κ2) is 8.54. The topological polar surface area (TPSA) is 47.6 Å². The third-order valence-electron chi connectivity index (χ3n) is 4.11. The fraction of sp³-hybridized carbons (Fsp3) is 0.227. The summed E-state index contributed by atoms with van der Waals surface area (Å²) in [6.07, 6.45) is 0. The summed E-state index contributed by atoms with van der Waals surface area (Å²) in [6.45, 7) is 3.94. The molecule has 0 saturated heterocycles. The van der Waals surface area contributed by atoms with Gasteiger partial charge in [-0.1, -0.05) is 12.1 Å². The molecule has 0 aliphatic carbocycles. The van der Waals surface area contributed by atoms with Gasteiger partial charge in [-0.2, -0.15) is 0 Å². The van der Waals surface area contributed by atoms with Gasteiger partial charge in [0, 0.05) is 22.6 Å². The lowest BCUT2D eigenvalue weighted by molar-refractivity contribution is -0.128. The predicted molar refractivity (Wildman–Crippen MR) is 110 cm³/mol. The SMILES string of the molecule is COCc1ccc(-c2ccc(NC(=O)C(C)(C)Oc3ccc(F)cc3)cc2)s1. The van der Waals surface area contributed by atoms with Crippen LogP contribution in [0, 0.1) is 5.82 Å². The first-order valence-corrected chi connectivity index (χ1v) is 9.63. The van der Waals surface area contributed by atoms with Crippen LogP contribution in [-0.4, -0.2) is 18.6 Å². The van der Waals surface area contributed by atoms with Crippen molar-refractivity contribution in [3.63, 3.8) is 0 Å². The van der Waals surface area contributed by atoms with E-state index in [1.165, 1.54) is 24.3 Å². The molecule has 1 aromatic heterocycles. The number of carbonyl (C=O) groups is 1. The predicted octanol–water partition coefficient (Wildman–Crippen LogP) is 5.50. The largest absolute Gasteiger partial charge is 0.478 e. The quantitative estimate of drug-likeness (QED) is 0.571. The van der Waals surface area contributed by atoms with Gasteiger partial charge in [0.2, 0.25) is 0 Å². The number of methoxy groups -OCH3 is 1. The second-order valence-electron chi connectivity index (χ2n) is 6.80. The minimum Gasteiger partial charge on any atom is -0.478 e. The highest BCUT2D eigenvalue weighted by atomic mass is 32.1. The fourth-order valence-corrected chi connectivity index (χ4v) is 3.58. The van der Waals surface area contributed by atoms with Crippen molar-refractivity contribution in [1.82, 2.24) is 0 Å². The van der Waals surface area contributed by atoms with Crippen molar-refractivity contribution in [2.75, 3.05) is 12.4 Å². The first-order valence-electron chi connectivity index (χ1n) is 8.81. The third kappa shape index (κ3) is 4.97. The Morgan fingerprint density at radius 2 is 1.71 bits per heavy atom. The Hall–Kier alpha value is -2.70. The van der Waals surface area contributed by atoms with Crippen LogP contribution >= 0.6 is 11.3 Å². The van der Waals surface area contributed by atoms with Crippen molar-refractivity contribution in [3.05, 3.63) is 71.4 Å². The van der Waals surface area contributed by atoms with Crippen LogP contribution < -0.4 is 10.1 Å². The minimum absolute atomic E-state index is 0.289. The molecule has 3 aromatic rings. The molecule has 146 valence electrons. The van der Waals surface area contributed by atoms with Gasteiger partial charge in [0.15, 0.2) is 5.60 Å². The first-order chi connectivity index (χ1) is 13.4. The fourth-order valence-electron chi connectivity index (χ4n) is 2.60. The van der Waals surface area contributed by atoms with Crippen LogP contribution in [0.4, 0.5) is 10.1 Å². The number of halogens is 1. The molecule has 0 spiro atoms. The molecule has 3 rings (SSSR count). The third-order valence-corrected chi connectivity index (χ3v) is 5.22. The van der Waals surface area contributed by atoms with Gasteiger partial charge < -0.3 is 14.8 Å². The maximum absolute atomic E-state index is 13.0. The first kappa shape index (κ1) is 20.0. The maximum Gasteiger partial charge on any atom is 0.267 e. The molecule has 0 aliphatic heterocycles. The Morgan fingerprint density at radius 3 is 2.36 bits per heavy atom. The molecule has 0 unspecified atom stereocenters. The molecule has 1 heterocycles. The molecule has 0 aliphatic rings. The van der Waals surface area contributed by atoms with E-state index in [0.29, 0.717) is 18.0 Å². The van der Waals surface area contributed by atoms with E-state index < -0.39 is 5.60 Å². The number of hydrogen-bond donors (Lipinski definition) is 1. The molecule has 0 fully saturated rings. The highest BCUT2D eigenvalue weighted by molar-refractivity contribution is 7.15. The summed E-state index contributed by atoms with van der Waals surface area (Å²) in [5, 5.41) is 2.86. The van der Waals surface area contributed by atoms with Crippen molar-refractivity contribution >= 4 is 22.9 Å². The molecule has 0 saturated carbocycles. The number of carbonyl (C=O) groups excluding carboxylic acids is 1. The Labute approximate surface area is 167 Å². The summed E-state index contributed by atoms with van der Waals surface area (Å²) >= 11 is 1.68. The van der Waals surface area contributed by atoms with E-state index in [4.69, 9.17) is 9.47 Å². The molecule has 28 heavy (non-hydrogen) atoms. The number of rotatable bonds is 7. The molecular formula is C22H22FNO3S. The van der Waals surface area contributed by atoms with E-state index in [1.54, 1.807) is 32.3 Å². The van der Waals surface area contributed by atoms with Gasteiger partial charge in [0.25, 0.3) is 5.91 Å². The van der Waals surface area contributed by atoms with Crippen LogP contribution in [0.3, 0.4) is 0 Å². The highest BCUT2D eigenvalue weighted by Gasteiger charge is 2.30. The lowest BCUT2D eigenvalue weighted by atomic mass is 10.1. The average Bonchev–Trinajstić information content (AvgIpc) is 3.13.